The zero-order valence-corrected chi connectivity index (χ0v) is 5.86. The molecule has 1 saturated heterocycles. The van der Waals surface area contributed by atoms with Gasteiger partial charge in [0.1, 0.15) is 0 Å². The van der Waals surface area contributed by atoms with Crippen LogP contribution in [0.4, 0.5) is 13.2 Å². The molecule has 0 aromatic heterocycles. The molecule has 2 atom stereocenters. The molecule has 1 rings (SSSR count). The number of hydrogen-bond acceptors (Lipinski definition) is 2. The monoisotopic (exact) mass is 169 g/mol. The van der Waals surface area contributed by atoms with E-state index in [1.807, 2.05) is 0 Å². The number of piperidine rings is 1. The van der Waals surface area contributed by atoms with Gasteiger partial charge < -0.3 is 10.4 Å². The van der Waals surface area contributed by atoms with Crippen molar-refractivity contribution in [1.29, 1.82) is 0 Å². The van der Waals surface area contributed by atoms with Crippen molar-refractivity contribution in [3.63, 3.8) is 0 Å². The number of aliphatic hydroxyl groups is 1. The molecule has 0 radical (unpaired) electrons. The highest BCUT2D eigenvalue weighted by Crippen LogP contribution is 2.30. The van der Waals surface area contributed by atoms with Crippen molar-refractivity contribution >= 4 is 0 Å². The third kappa shape index (κ3) is 2.34. The molecular formula is C6H10F3NO. The first kappa shape index (κ1) is 8.80. The summed E-state index contributed by atoms with van der Waals surface area (Å²) in [6, 6.07) is 0. The topological polar surface area (TPSA) is 32.3 Å². The number of nitrogens with one attached hydrogen (secondary N) is 1. The van der Waals surface area contributed by atoms with Crippen LogP contribution in [0.1, 0.15) is 6.42 Å². The van der Waals surface area contributed by atoms with Crippen LogP contribution in [0, 0.1) is 5.92 Å². The molecule has 0 aliphatic carbocycles. The lowest BCUT2D eigenvalue weighted by atomic mass is 9.97. The van der Waals surface area contributed by atoms with E-state index in [0.717, 1.165) is 0 Å². The van der Waals surface area contributed by atoms with Gasteiger partial charge in [-0.3, -0.25) is 0 Å². The second-order valence-corrected chi connectivity index (χ2v) is 2.79. The van der Waals surface area contributed by atoms with Crippen LogP contribution in [0.25, 0.3) is 0 Å². The highest BCUT2D eigenvalue weighted by molar-refractivity contribution is 4.79. The molecule has 0 saturated carbocycles. The molecule has 0 spiro atoms. The molecule has 0 unspecified atom stereocenters. The van der Waals surface area contributed by atoms with E-state index in [0.29, 0.717) is 0 Å². The average Bonchev–Trinajstić information content (AvgIpc) is 1.86. The Kier molecular flexibility index (Phi) is 2.39. The maximum atomic E-state index is 12.0. The van der Waals surface area contributed by atoms with Crippen LogP contribution in [-0.2, 0) is 0 Å². The molecule has 1 fully saturated rings. The van der Waals surface area contributed by atoms with Crippen molar-refractivity contribution in [2.75, 3.05) is 13.1 Å². The van der Waals surface area contributed by atoms with Crippen molar-refractivity contribution < 1.29 is 18.3 Å². The predicted octanol–water partition coefficient (Wildman–Crippen LogP) is 0.519. The first-order valence-electron chi connectivity index (χ1n) is 3.45. The Hall–Kier alpha value is -0.290. The number of rotatable bonds is 0. The number of alkyl halides is 3. The number of β-amino-alcohol motifs (C(OH)–C–C–N with tert-alkyl or cyclic N) is 1. The van der Waals surface area contributed by atoms with Gasteiger partial charge in [-0.15, -0.1) is 0 Å². The van der Waals surface area contributed by atoms with Gasteiger partial charge in [0.05, 0.1) is 12.0 Å². The Morgan fingerprint density at radius 3 is 2.27 bits per heavy atom. The molecule has 0 aromatic rings. The molecule has 2 nitrogen and oxygen atoms in total. The Morgan fingerprint density at radius 1 is 1.27 bits per heavy atom. The summed E-state index contributed by atoms with van der Waals surface area (Å²) in [5, 5.41) is 11.4. The summed E-state index contributed by atoms with van der Waals surface area (Å²) < 4.78 is 35.9. The summed E-state index contributed by atoms with van der Waals surface area (Å²) in [6.07, 6.45) is -5.19. The van der Waals surface area contributed by atoms with Crippen LogP contribution in [0.3, 0.4) is 0 Å². The van der Waals surface area contributed by atoms with Gasteiger partial charge in [0.25, 0.3) is 0 Å². The third-order valence-electron chi connectivity index (χ3n) is 1.79. The second-order valence-electron chi connectivity index (χ2n) is 2.79. The van der Waals surface area contributed by atoms with Crippen LogP contribution < -0.4 is 5.32 Å². The highest BCUT2D eigenvalue weighted by Gasteiger charge is 2.41. The van der Waals surface area contributed by atoms with Crippen LogP contribution >= 0.6 is 0 Å². The van der Waals surface area contributed by atoms with E-state index in [2.05, 4.69) is 5.32 Å². The molecule has 0 amide bonds. The Balaban J connectivity index is 2.46. The maximum absolute atomic E-state index is 12.0. The van der Waals surface area contributed by atoms with E-state index in [4.69, 9.17) is 5.11 Å². The molecule has 11 heavy (non-hydrogen) atoms. The van der Waals surface area contributed by atoms with E-state index in [1.165, 1.54) is 0 Å². The van der Waals surface area contributed by atoms with Gasteiger partial charge in [0, 0.05) is 13.1 Å². The first-order valence-corrected chi connectivity index (χ1v) is 3.45. The Bertz CT molecular complexity index is 136. The van der Waals surface area contributed by atoms with Crippen molar-refractivity contribution in [2.45, 2.75) is 18.7 Å². The van der Waals surface area contributed by atoms with Crippen molar-refractivity contribution in [3.05, 3.63) is 0 Å². The minimum absolute atomic E-state index is 0.0689. The van der Waals surface area contributed by atoms with E-state index < -0.39 is 18.2 Å². The predicted molar refractivity (Wildman–Crippen MR) is 33.0 cm³/mol. The summed E-state index contributed by atoms with van der Waals surface area (Å²) in [4.78, 5) is 0. The van der Waals surface area contributed by atoms with E-state index in [1.54, 1.807) is 0 Å². The highest BCUT2D eigenvalue weighted by atomic mass is 19.4. The number of halogens is 3. The average molecular weight is 169 g/mol. The Morgan fingerprint density at radius 2 is 1.91 bits per heavy atom. The summed E-state index contributed by atoms with van der Waals surface area (Å²) in [7, 11) is 0. The molecule has 1 aliphatic rings. The van der Waals surface area contributed by atoms with Gasteiger partial charge in [0.2, 0.25) is 0 Å². The molecule has 2 N–H and O–H groups in total. The van der Waals surface area contributed by atoms with E-state index in [-0.39, 0.29) is 19.5 Å². The fourth-order valence-electron chi connectivity index (χ4n) is 1.17. The maximum Gasteiger partial charge on any atom is 0.393 e. The molecule has 66 valence electrons. The quantitative estimate of drug-likeness (QED) is 0.554. The summed E-state index contributed by atoms with van der Waals surface area (Å²) in [5.41, 5.74) is 0. The smallest absolute Gasteiger partial charge is 0.392 e. The lowest BCUT2D eigenvalue weighted by molar-refractivity contribution is -0.185. The molecule has 1 heterocycles. The van der Waals surface area contributed by atoms with Crippen LogP contribution in [0.5, 0.6) is 0 Å². The number of hydrogen-bond donors (Lipinski definition) is 2. The van der Waals surface area contributed by atoms with Gasteiger partial charge in [-0.1, -0.05) is 0 Å². The first-order chi connectivity index (χ1) is 5.00. The molecule has 0 bridgehead atoms. The molecule has 1 aliphatic heterocycles. The van der Waals surface area contributed by atoms with Gasteiger partial charge in [0.15, 0.2) is 0 Å². The minimum atomic E-state index is -4.17. The molecule has 0 aromatic carbocycles. The van der Waals surface area contributed by atoms with E-state index in [9.17, 15) is 13.2 Å². The van der Waals surface area contributed by atoms with Gasteiger partial charge in [-0.05, 0) is 6.42 Å². The van der Waals surface area contributed by atoms with Gasteiger partial charge in [-0.25, -0.2) is 0 Å². The second kappa shape index (κ2) is 2.98. The Labute approximate surface area is 62.4 Å². The molecular weight excluding hydrogens is 159 g/mol. The van der Waals surface area contributed by atoms with Crippen molar-refractivity contribution in [3.8, 4) is 0 Å². The van der Waals surface area contributed by atoms with Crippen molar-refractivity contribution in [1.82, 2.24) is 5.32 Å². The molecule has 5 heteroatoms. The van der Waals surface area contributed by atoms with Crippen LogP contribution in [-0.4, -0.2) is 30.5 Å². The minimum Gasteiger partial charge on any atom is -0.392 e. The standard InChI is InChI=1S/C6H10F3NO/c7-6(8,9)4-1-5(11)3-10-2-4/h4-5,10-11H,1-3H2/t4-,5+/m0/s1. The van der Waals surface area contributed by atoms with Gasteiger partial charge in [-0.2, -0.15) is 13.2 Å². The van der Waals surface area contributed by atoms with Crippen LogP contribution in [0.15, 0.2) is 0 Å². The zero-order chi connectivity index (χ0) is 8.48. The van der Waals surface area contributed by atoms with E-state index >= 15 is 0 Å². The largest absolute Gasteiger partial charge is 0.393 e. The lowest BCUT2D eigenvalue weighted by Gasteiger charge is -2.28. The summed E-state index contributed by atoms with van der Waals surface area (Å²) in [6.45, 7) is 0.202. The van der Waals surface area contributed by atoms with Crippen LogP contribution in [0.2, 0.25) is 0 Å². The summed E-state index contributed by atoms with van der Waals surface area (Å²) >= 11 is 0. The fourth-order valence-corrected chi connectivity index (χ4v) is 1.17. The summed E-state index contributed by atoms with van der Waals surface area (Å²) in [5.74, 6) is -1.38. The van der Waals surface area contributed by atoms with Gasteiger partial charge >= 0.3 is 6.18 Å². The lowest BCUT2D eigenvalue weighted by Crippen LogP contribution is -2.45. The van der Waals surface area contributed by atoms with Crippen molar-refractivity contribution in [2.24, 2.45) is 5.92 Å². The SMILES string of the molecule is O[C@H]1CNC[C@@H](C(F)(F)F)C1. The fraction of sp³-hybridized carbons (Fsp3) is 1.00. The normalized spacial score (nSPS) is 33.8. The third-order valence-corrected chi connectivity index (χ3v) is 1.79. The number of aliphatic hydroxyl groups excluding tert-OH is 1. The zero-order valence-electron chi connectivity index (χ0n) is 5.86.